The highest BCUT2D eigenvalue weighted by atomic mass is 32.8. The Hall–Kier alpha value is -0.180. The summed E-state index contributed by atoms with van der Waals surface area (Å²) in [6.07, 6.45) is 0. The molecule has 0 amide bonds. The minimum Gasteiger partial charge on any atom is -0.295 e. The molecular weight excluding hydrogens is 122 g/mol. The van der Waals surface area contributed by atoms with Gasteiger partial charge in [0, 0.05) is 11.2 Å². The summed E-state index contributed by atoms with van der Waals surface area (Å²) < 4.78 is 17.4. The second kappa shape index (κ2) is 1.51. The predicted molar refractivity (Wildman–Crippen MR) is 23.7 cm³/mol. The van der Waals surface area contributed by atoms with Gasteiger partial charge in [-0.1, -0.05) is 0 Å². The van der Waals surface area contributed by atoms with Crippen molar-refractivity contribution >= 4 is 20.0 Å². The van der Waals surface area contributed by atoms with Crippen LogP contribution in [0.25, 0.3) is 0 Å². The first kappa shape index (κ1) is 5.82. The summed E-state index contributed by atoms with van der Waals surface area (Å²) in [6, 6.07) is 0. The van der Waals surface area contributed by atoms with Crippen molar-refractivity contribution in [2.45, 2.75) is 0 Å². The Kier molecular flexibility index (Phi) is 1.47. The molecule has 0 aromatic carbocycles. The summed E-state index contributed by atoms with van der Waals surface area (Å²) in [7, 11) is -3.52. The predicted octanol–water partition coefficient (Wildman–Crippen LogP) is -0.313. The van der Waals surface area contributed by atoms with Crippen LogP contribution in [0.2, 0.25) is 0 Å². The van der Waals surface area contributed by atoms with Gasteiger partial charge in [0.05, 0.1) is 0 Å². The number of nitrogens with zero attached hydrogens (tertiary/aromatic N) is 1. The van der Waals surface area contributed by atoms with Gasteiger partial charge in [0.15, 0.2) is 5.40 Å². The monoisotopic (exact) mass is 123 g/mol. The molecule has 1 atom stereocenters. The van der Waals surface area contributed by atoms with Gasteiger partial charge in [-0.3, -0.25) is 4.55 Å². The molecule has 0 radical (unpaired) electrons. The van der Waals surface area contributed by atoms with Gasteiger partial charge >= 0.3 is 0 Å². The molecule has 6 heavy (non-hydrogen) atoms. The first-order valence-corrected chi connectivity index (χ1v) is 3.38. The SMILES string of the molecule is N#CS(=O)(O)=S. The van der Waals surface area contributed by atoms with E-state index in [2.05, 4.69) is 11.2 Å². The normalized spacial score (nSPS) is 18.0. The molecule has 0 aromatic heterocycles. The quantitative estimate of drug-likeness (QED) is 0.449. The third-order valence-electron chi connectivity index (χ3n) is 0.115. The van der Waals surface area contributed by atoms with Crippen molar-refractivity contribution in [1.82, 2.24) is 0 Å². The van der Waals surface area contributed by atoms with Crippen LogP contribution in [0.4, 0.5) is 0 Å². The Morgan fingerprint density at radius 3 is 2.17 bits per heavy atom. The highest BCUT2D eigenvalue weighted by Gasteiger charge is 1.87. The fourth-order valence-corrected chi connectivity index (χ4v) is 0. The van der Waals surface area contributed by atoms with Crippen LogP contribution in [0, 0.1) is 10.7 Å². The molecule has 0 saturated heterocycles. The zero-order valence-corrected chi connectivity index (χ0v) is 4.25. The van der Waals surface area contributed by atoms with Gasteiger partial charge in [-0.2, -0.15) is 5.26 Å². The second-order valence-corrected chi connectivity index (χ2v) is 3.05. The molecule has 0 aliphatic carbocycles. The average Bonchev–Trinajstić information content (AvgIpc) is 1.35. The van der Waals surface area contributed by atoms with Crippen LogP contribution in [0.15, 0.2) is 0 Å². The van der Waals surface area contributed by atoms with Gasteiger partial charge in [-0.15, -0.1) is 0 Å². The highest BCUT2D eigenvalue weighted by molar-refractivity contribution is 8.32. The number of rotatable bonds is 0. The number of nitriles is 1. The van der Waals surface area contributed by atoms with Gasteiger partial charge < -0.3 is 0 Å². The summed E-state index contributed by atoms with van der Waals surface area (Å²) in [5.74, 6) is 0. The summed E-state index contributed by atoms with van der Waals surface area (Å²) in [6.45, 7) is 0. The molecule has 0 rings (SSSR count). The van der Waals surface area contributed by atoms with Gasteiger partial charge in [0.2, 0.25) is 8.77 Å². The molecular formula is CHNO2S2. The maximum atomic E-state index is 9.56. The molecule has 1 N–H and O–H groups in total. The van der Waals surface area contributed by atoms with E-state index in [1.165, 1.54) is 0 Å². The van der Waals surface area contributed by atoms with Gasteiger partial charge in [-0.05, 0) is 0 Å². The number of hydrogen-bond donors (Lipinski definition) is 1. The van der Waals surface area contributed by atoms with Crippen molar-refractivity contribution in [3.8, 4) is 5.40 Å². The van der Waals surface area contributed by atoms with Crippen LogP contribution in [0.1, 0.15) is 0 Å². The van der Waals surface area contributed by atoms with Crippen LogP contribution in [0.3, 0.4) is 0 Å². The lowest BCUT2D eigenvalue weighted by atomic mass is 11.8. The zero-order valence-electron chi connectivity index (χ0n) is 2.62. The molecule has 3 nitrogen and oxygen atoms in total. The molecule has 0 aliphatic heterocycles. The largest absolute Gasteiger partial charge is 0.295 e. The molecule has 0 saturated carbocycles. The lowest BCUT2D eigenvalue weighted by molar-refractivity contribution is 0.573. The lowest BCUT2D eigenvalue weighted by Gasteiger charge is -1.70. The maximum Gasteiger partial charge on any atom is 0.237 e. The van der Waals surface area contributed by atoms with Gasteiger partial charge in [0.1, 0.15) is 0 Å². The molecule has 34 valence electrons. The molecule has 5 heteroatoms. The Morgan fingerprint density at radius 1 is 2.00 bits per heavy atom. The fraction of sp³-hybridized carbons (Fsp3) is 0. The Balaban J connectivity index is 4.41. The van der Waals surface area contributed by atoms with Crippen LogP contribution in [-0.2, 0) is 20.0 Å². The van der Waals surface area contributed by atoms with E-state index in [9.17, 15) is 4.21 Å². The number of thiocyanates is 1. The van der Waals surface area contributed by atoms with Crippen molar-refractivity contribution in [3.63, 3.8) is 0 Å². The van der Waals surface area contributed by atoms with Crippen LogP contribution < -0.4 is 0 Å². The summed E-state index contributed by atoms with van der Waals surface area (Å²) >= 11 is 3.71. The second-order valence-electron chi connectivity index (χ2n) is 0.566. The number of hydrogen-bond acceptors (Lipinski definition) is 3. The summed E-state index contributed by atoms with van der Waals surface area (Å²) in [5, 5.41) is 8.53. The van der Waals surface area contributed by atoms with E-state index in [4.69, 9.17) is 9.81 Å². The van der Waals surface area contributed by atoms with Crippen molar-refractivity contribution < 1.29 is 8.76 Å². The molecule has 0 heterocycles. The highest BCUT2D eigenvalue weighted by Crippen LogP contribution is 1.70. The fourth-order valence-electron chi connectivity index (χ4n) is 0. The van der Waals surface area contributed by atoms with E-state index >= 15 is 0 Å². The Morgan fingerprint density at radius 2 is 2.17 bits per heavy atom. The average molecular weight is 123 g/mol. The van der Waals surface area contributed by atoms with E-state index in [0.717, 1.165) is 5.40 Å². The van der Waals surface area contributed by atoms with Crippen molar-refractivity contribution in [3.05, 3.63) is 0 Å². The van der Waals surface area contributed by atoms with Crippen LogP contribution >= 0.6 is 0 Å². The lowest BCUT2D eigenvalue weighted by Crippen LogP contribution is -1.84. The van der Waals surface area contributed by atoms with Crippen molar-refractivity contribution in [1.29, 1.82) is 5.26 Å². The topological polar surface area (TPSA) is 61.1 Å². The Bertz CT molecular complexity index is 160. The minimum absolute atomic E-state index is 1.00. The molecule has 0 aromatic rings. The Labute approximate surface area is 40.1 Å². The van der Waals surface area contributed by atoms with E-state index in [-0.39, 0.29) is 0 Å². The standard InChI is InChI=1S/CHNO2S2/c2-1-6(3,4)5/h(H,3,4,5). The van der Waals surface area contributed by atoms with E-state index in [1.807, 2.05) is 0 Å². The van der Waals surface area contributed by atoms with Crippen LogP contribution in [-0.4, -0.2) is 8.76 Å². The molecule has 1 unspecified atom stereocenters. The van der Waals surface area contributed by atoms with Crippen molar-refractivity contribution in [2.24, 2.45) is 0 Å². The first-order chi connectivity index (χ1) is 2.56. The molecule has 0 aliphatic rings. The van der Waals surface area contributed by atoms with Gasteiger partial charge in [0.25, 0.3) is 0 Å². The zero-order chi connectivity index (χ0) is 5.21. The van der Waals surface area contributed by atoms with Gasteiger partial charge in [-0.25, -0.2) is 4.21 Å². The molecule has 0 bridgehead atoms. The summed E-state index contributed by atoms with van der Waals surface area (Å²) in [5.41, 5.74) is 0. The molecule has 0 fully saturated rings. The van der Waals surface area contributed by atoms with E-state index in [1.54, 1.807) is 0 Å². The third-order valence-corrected chi connectivity index (χ3v) is 0.570. The summed E-state index contributed by atoms with van der Waals surface area (Å²) in [4.78, 5) is 0. The first-order valence-electron chi connectivity index (χ1n) is 0.944. The third kappa shape index (κ3) is 3.82. The molecule has 0 spiro atoms. The minimum atomic E-state index is -3.52. The maximum absolute atomic E-state index is 9.56. The van der Waals surface area contributed by atoms with Crippen molar-refractivity contribution in [2.75, 3.05) is 0 Å². The van der Waals surface area contributed by atoms with E-state index < -0.39 is 8.77 Å². The van der Waals surface area contributed by atoms with Crippen LogP contribution in [0.5, 0.6) is 0 Å². The smallest absolute Gasteiger partial charge is 0.237 e. The van der Waals surface area contributed by atoms with E-state index in [0.29, 0.717) is 0 Å².